The van der Waals surface area contributed by atoms with Crippen molar-refractivity contribution in [1.82, 2.24) is 0 Å². The lowest BCUT2D eigenvalue weighted by molar-refractivity contribution is 0.0910. The summed E-state index contributed by atoms with van der Waals surface area (Å²) in [5, 5.41) is 0. The Balaban J connectivity index is 1.04. The molecule has 10 nitrogen and oxygen atoms in total. The van der Waals surface area contributed by atoms with Gasteiger partial charge in [0.05, 0.1) is 33.6 Å². The number of hydrogen-bond donors (Lipinski definition) is 2. The molecule has 8 rings (SSSR count). The molecule has 242 valence electrons. The van der Waals surface area contributed by atoms with Crippen LogP contribution in [0.4, 0.5) is 22.7 Å². The Bertz CT molecular complexity index is 2350. The normalized spacial score (nSPS) is 13.4. The van der Waals surface area contributed by atoms with Gasteiger partial charge in [-0.3, -0.25) is 19.2 Å². The number of imide groups is 2. The second-order valence-corrected chi connectivity index (χ2v) is 11.7. The van der Waals surface area contributed by atoms with E-state index in [4.69, 9.17) is 20.9 Å². The predicted molar refractivity (Wildman–Crippen MR) is 189 cm³/mol. The number of nitrogens with two attached hydrogens (primary N) is 2. The van der Waals surface area contributed by atoms with Crippen molar-refractivity contribution < 1.29 is 28.7 Å². The second kappa shape index (κ2) is 11.8. The molecule has 6 aromatic rings. The fourth-order valence-electron chi connectivity index (χ4n) is 6.07. The molecule has 0 spiro atoms. The van der Waals surface area contributed by atoms with Crippen molar-refractivity contribution in [2.24, 2.45) is 0 Å². The molecule has 50 heavy (non-hydrogen) atoms. The van der Waals surface area contributed by atoms with Crippen LogP contribution in [0.25, 0.3) is 11.1 Å². The molecule has 0 saturated carbocycles. The van der Waals surface area contributed by atoms with Crippen LogP contribution < -0.4 is 30.7 Å². The summed E-state index contributed by atoms with van der Waals surface area (Å²) in [5.74, 6) is 0.276. The van der Waals surface area contributed by atoms with E-state index in [2.05, 4.69) is 0 Å². The number of ether oxygens (including phenoxy) is 2. The minimum Gasteiger partial charge on any atom is -0.457 e. The highest BCUT2D eigenvalue weighted by Crippen LogP contribution is 2.38. The number of benzene rings is 6. The quantitative estimate of drug-likeness (QED) is 0.131. The fraction of sp³-hybridized carbons (Fsp3) is 0. The molecule has 0 saturated heterocycles. The number of carbonyl (C=O) groups is 4. The summed E-state index contributed by atoms with van der Waals surface area (Å²) in [5.41, 5.74) is 15.3. The van der Waals surface area contributed by atoms with Gasteiger partial charge in [0.25, 0.3) is 23.6 Å². The summed E-state index contributed by atoms with van der Waals surface area (Å²) in [6.45, 7) is 0. The Morgan fingerprint density at radius 3 is 1.34 bits per heavy atom. The van der Waals surface area contributed by atoms with E-state index >= 15 is 0 Å². The van der Waals surface area contributed by atoms with Crippen molar-refractivity contribution >= 4 is 46.4 Å². The fourth-order valence-corrected chi connectivity index (χ4v) is 6.07. The highest BCUT2D eigenvalue weighted by Gasteiger charge is 2.40. The maximum absolute atomic E-state index is 13.9. The van der Waals surface area contributed by atoms with Gasteiger partial charge in [-0.25, -0.2) is 9.80 Å². The van der Waals surface area contributed by atoms with Gasteiger partial charge in [0.15, 0.2) is 0 Å². The van der Waals surface area contributed by atoms with E-state index in [-0.39, 0.29) is 22.3 Å². The van der Waals surface area contributed by atoms with Crippen molar-refractivity contribution in [2.45, 2.75) is 0 Å². The first kappa shape index (κ1) is 30.2. The number of hydrogen-bond acceptors (Lipinski definition) is 8. The zero-order valence-corrected chi connectivity index (χ0v) is 26.2. The summed E-state index contributed by atoms with van der Waals surface area (Å²) in [4.78, 5) is 56.7. The van der Waals surface area contributed by atoms with Crippen LogP contribution in [0.1, 0.15) is 41.4 Å². The van der Waals surface area contributed by atoms with Crippen LogP contribution >= 0.6 is 0 Å². The van der Waals surface area contributed by atoms with Gasteiger partial charge in [0, 0.05) is 11.4 Å². The monoisotopic (exact) mass is 658 g/mol. The lowest BCUT2D eigenvalue weighted by atomic mass is 9.94. The van der Waals surface area contributed by atoms with Crippen LogP contribution in [-0.2, 0) is 0 Å². The summed E-state index contributed by atoms with van der Waals surface area (Å²) < 4.78 is 11.7. The summed E-state index contributed by atoms with van der Waals surface area (Å²) >= 11 is 0. The SMILES string of the molecule is Nc1ccc(Oc2ccc(N3C(=O)c4ccc(-c5cccc6c5C(=O)N(c5ccc(Oc7ccc(N)cc7)cc5)C6=O)cc4C3=O)cc2)cc1. The largest absolute Gasteiger partial charge is 0.457 e. The summed E-state index contributed by atoms with van der Waals surface area (Å²) in [7, 11) is 0. The Morgan fingerprint density at radius 1 is 0.400 bits per heavy atom. The average molecular weight is 659 g/mol. The average Bonchev–Trinajstić information content (AvgIpc) is 3.54. The molecule has 0 aromatic heterocycles. The molecule has 6 aromatic carbocycles. The van der Waals surface area contributed by atoms with Crippen molar-refractivity contribution in [1.29, 1.82) is 0 Å². The van der Waals surface area contributed by atoms with Gasteiger partial charge in [-0.05, 0) is 126 Å². The second-order valence-electron chi connectivity index (χ2n) is 11.7. The molecule has 0 radical (unpaired) electrons. The summed E-state index contributed by atoms with van der Waals surface area (Å²) in [6.07, 6.45) is 0. The molecular weight excluding hydrogens is 632 g/mol. The lowest BCUT2D eigenvalue weighted by Crippen LogP contribution is -2.29. The number of fused-ring (bicyclic) bond motifs is 2. The number of carbonyl (C=O) groups excluding carboxylic acids is 4. The van der Waals surface area contributed by atoms with E-state index in [0.717, 1.165) is 9.80 Å². The molecule has 0 atom stereocenters. The van der Waals surface area contributed by atoms with E-state index < -0.39 is 23.6 Å². The Hall–Kier alpha value is -7.20. The van der Waals surface area contributed by atoms with Crippen molar-refractivity contribution in [3.05, 3.63) is 156 Å². The van der Waals surface area contributed by atoms with Gasteiger partial charge in [0.1, 0.15) is 23.0 Å². The first-order valence-corrected chi connectivity index (χ1v) is 15.6. The third-order valence-corrected chi connectivity index (χ3v) is 8.53. The van der Waals surface area contributed by atoms with E-state index in [1.807, 2.05) is 0 Å². The molecule has 2 heterocycles. The summed E-state index contributed by atoms with van der Waals surface area (Å²) in [6, 6.07) is 36.9. The van der Waals surface area contributed by atoms with Gasteiger partial charge in [-0.15, -0.1) is 0 Å². The number of nitrogen functional groups attached to an aromatic ring is 2. The van der Waals surface area contributed by atoms with Gasteiger partial charge < -0.3 is 20.9 Å². The van der Waals surface area contributed by atoms with Crippen LogP contribution in [-0.4, -0.2) is 23.6 Å². The van der Waals surface area contributed by atoms with Gasteiger partial charge >= 0.3 is 0 Å². The molecule has 2 aliphatic rings. The van der Waals surface area contributed by atoms with E-state index in [0.29, 0.717) is 56.9 Å². The van der Waals surface area contributed by atoms with Crippen LogP contribution in [0, 0.1) is 0 Å². The third-order valence-electron chi connectivity index (χ3n) is 8.53. The maximum atomic E-state index is 13.9. The molecule has 4 amide bonds. The topological polar surface area (TPSA) is 145 Å². The number of nitrogens with zero attached hydrogens (tertiary/aromatic N) is 2. The smallest absolute Gasteiger partial charge is 0.266 e. The number of anilines is 4. The Labute approximate surface area is 285 Å². The molecule has 0 unspecified atom stereocenters. The Morgan fingerprint density at radius 2 is 0.820 bits per heavy atom. The van der Waals surface area contributed by atoms with E-state index in [1.54, 1.807) is 133 Å². The first-order valence-electron chi connectivity index (χ1n) is 15.6. The molecule has 0 fully saturated rings. The van der Waals surface area contributed by atoms with Crippen LogP contribution in [0.2, 0.25) is 0 Å². The van der Waals surface area contributed by atoms with Crippen molar-refractivity contribution in [3.8, 4) is 34.1 Å². The van der Waals surface area contributed by atoms with Gasteiger partial charge in [0.2, 0.25) is 0 Å². The van der Waals surface area contributed by atoms with E-state index in [1.165, 1.54) is 0 Å². The highest BCUT2D eigenvalue weighted by atomic mass is 16.5. The number of amides is 4. The lowest BCUT2D eigenvalue weighted by Gasteiger charge is -2.15. The van der Waals surface area contributed by atoms with Gasteiger partial charge in [-0.2, -0.15) is 0 Å². The maximum Gasteiger partial charge on any atom is 0.266 e. The van der Waals surface area contributed by atoms with Crippen molar-refractivity contribution in [2.75, 3.05) is 21.3 Å². The zero-order valence-electron chi connectivity index (χ0n) is 26.2. The third kappa shape index (κ3) is 5.17. The standard InChI is InChI=1S/C40H26N4O6/c41-24-5-13-28(14-6-24)49-30-17-9-26(10-18-30)43-37(45)33-21-4-23(22-35(33)39(43)47)32-2-1-3-34-36(32)40(48)44(38(34)46)27-11-19-31(20-12-27)50-29-15-7-25(42)8-16-29/h1-22H,41-42H2. The first-order chi connectivity index (χ1) is 24.2. The zero-order chi connectivity index (χ0) is 34.5. The molecule has 0 bridgehead atoms. The molecular formula is C40H26N4O6. The molecule has 2 aliphatic heterocycles. The highest BCUT2D eigenvalue weighted by molar-refractivity contribution is 6.37. The minimum atomic E-state index is -0.503. The van der Waals surface area contributed by atoms with Crippen LogP contribution in [0.3, 0.4) is 0 Å². The molecule has 10 heteroatoms. The van der Waals surface area contributed by atoms with E-state index in [9.17, 15) is 19.2 Å². The van der Waals surface area contributed by atoms with Crippen molar-refractivity contribution in [3.63, 3.8) is 0 Å². The van der Waals surface area contributed by atoms with Crippen LogP contribution in [0.5, 0.6) is 23.0 Å². The van der Waals surface area contributed by atoms with Gasteiger partial charge in [-0.1, -0.05) is 18.2 Å². The van der Waals surface area contributed by atoms with Crippen LogP contribution in [0.15, 0.2) is 133 Å². The molecule has 4 N–H and O–H groups in total. The predicted octanol–water partition coefficient (Wildman–Crippen LogP) is 7.70. The number of rotatable bonds is 7. The Kier molecular flexibility index (Phi) is 7.11. The molecule has 0 aliphatic carbocycles. The minimum absolute atomic E-state index is 0.192.